The summed E-state index contributed by atoms with van der Waals surface area (Å²) < 4.78 is 22.2. The molecule has 0 bridgehead atoms. The highest BCUT2D eigenvalue weighted by Crippen LogP contribution is 2.45. The highest BCUT2D eigenvalue weighted by atomic mass is 16.5. The van der Waals surface area contributed by atoms with Crippen LogP contribution in [0.2, 0.25) is 0 Å². The van der Waals surface area contributed by atoms with Crippen molar-refractivity contribution in [2.24, 2.45) is 0 Å². The minimum Gasteiger partial charge on any atom is -0.496 e. The van der Waals surface area contributed by atoms with Crippen molar-refractivity contribution in [3.05, 3.63) is 59.4 Å². The van der Waals surface area contributed by atoms with Crippen LogP contribution >= 0.6 is 0 Å². The lowest BCUT2D eigenvalue weighted by Gasteiger charge is -2.28. The third-order valence-electron chi connectivity index (χ3n) is 4.53. The lowest BCUT2D eigenvalue weighted by Crippen LogP contribution is -2.16. The monoisotopic (exact) mass is 338 g/mol. The third-order valence-corrected chi connectivity index (χ3v) is 4.53. The molecule has 2 heterocycles. The van der Waals surface area contributed by atoms with Gasteiger partial charge in [-0.05, 0) is 18.4 Å². The number of hydrogen-bond donors (Lipinski definition) is 0. The standard InChI is InChI=1S/C20H18O5/c1-22-16-11-17-14(10-18(24-17)20(21)23-2)19-13(16)8-9-15(25-19)12-6-4-3-5-7-12/h3-7,10-11,15H,8-9H2,1-2H3. The van der Waals surface area contributed by atoms with Crippen LogP contribution < -0.4 is 9.47 Å². The molecule has 5 heteroatoms. The minimum absolute atomic E-state index is 0.0412. The van der Waals surface area contributed by atoms with Gasteiger partial charge in [-0.1, -0.05) is 30.3 Å². The Kier molecular flexibility index (Phi) is 3.84. The van der Waals surface area contributed by atoms with E-state index < -0.39 is 5.97 Å². The van der Waals surface area contributed by atoms with E-state index in [4.69, 9.17) is 18.6 Å². The predicted octanol–water partition coefficient (Wildman–Crippen LogP) is 4.29. The fourth-order valence-electron chi connectivity index (χ4n) is 3.30. The average Bonchev–Trinajstić information content (AvgIpc) is 3.11. The van der Waals surface area contributed by atoms with Crippen molar-refractivity contribution >= 4 is 16.9 Å². The Balaban J connectivity index is 1.83. The molecule has 1 atom stereocenters. The van der Waals surface area contributed by atoms with Crippen LogP contribution in [0.15, 0.2) is 46.9 Å². The smallest absolute Gasteiger partial charge is 0.373 e. The van der Waals surface area contributed by atoms with Crippen molar-refractivity contribution in [1.82, 2.24) is 0 Å². The van der Waals surface area contributed by atoms with Gasteiger partial charge >= 0.3 is 5.97 Å². The van der Waals surface area contributed by atoms with E-state index in [-0.39, 0.29) is 11.9 Å². The normalized spacial score (nSPS) is 16.2. The minimum atomic E-state index is -0.515. The van der Waals surface area contributed by atoms with Crippen molar-refractivity contribution in [2.75, 3.05) is 14.2 Å². The Bertz CT molecular complexity index is 926. The van der Waals surface area contributed by atoms with E-state index in [2.05, 4.69) is 12.1 Å². The number of furan rings is 1. The summed E-state index contributed by atoms with van der Waals surface area (Å²) in [6.07, 6.45) is 1.65. The summed E-state index contributed by atoms with van der Waals surface area (Å²) in [5.41, 5.74) is 2.67. The first-order chi connectivity index (χ1) is 12.2. The van der Waals surface area contributed by atoms with E-state index in [1.807, 2.05) is 18.2 Å². The van der Waals surface area contributed by atoms with E-state index in [9.17, 15) is 4.79 Å². The molecule has 0 aliphatic carbocycles. The van der Waals surface area contributed by atoms with Gasteiger partial charge in [-0.15, -0.1) is 0 Å². The van der Waals surface area contributed by atoms with Crippen LogP contribution in [0.25, 0.3) is 11.0 Å². The summed E-state index contributed by atoms with van der Waals surface area (Å²) in [6.45, 7) is 0. The predicted molar refractivity (Wildman–Crippen MR) is 92.2 cm³/mol. The van der Waals surface area contributed by atoms with Gasteiger partial charge in [0.2, 0.25) is 5.76 Å². The maximum Gasteiger partial charge on any atom is 0.373 e. The number of ether oxygens (including phenoxy) is 3. The van der Waals surface area contributed by atoms with Crippen LogP contribution in [0.1, 0.15) is 34.2 Å². The van der Waals surface area contributed by atoms with Crippen LogP contribution in [0, 0.1) is 0 Å². The molecule has 25 heavy (non-hydrogen) atoms. The van der Waals surface area contributed by atoms with Crippen molar-refractivity contribution < 1.29 is 23.4 Å². The zero-order chi connectivity index (χ0) is 17.4. The van der Waals surface area contributed by atoms with Gasteiger partial charge in [-0.3, -0.25) is 0 Å². The molecular weight excluding hydrogens is 320 g/mol. The molecular formula is C20H18O5. The Morgan fingerprint density at radius 2 is 1.96 bits per heavy atom. The van der Waals surface area contributed by atoms with Gasteiger partial charge in [0.05, 0.1) is 19.6 Å². The van der Waals surface area contributed by atoms with Gasteiger partial charge < -0.3 is 18.6 Å². The molecule has 0 amide bonds. The van der Waals surface area contributed by atoms with E-state index in [0.717, 1.165) is 29.4 Å². The summed E-state index contributed by atoms with van der Waals surface area (Å²) in [6, 6.07) is 13.6. The van der Waals surface area contributed by atoms with Gasteiger partial charge in [0.15, 0.2) is 0 Å². The lowest BCUT2D eigenvalue weighted by atomic mass is 9.95. The van der Waals surface area contributed by atoms with E-state index in [1.165, 1.54) is 7.11 Å². The molecule has 0 radical (unpaired) electrons. The van der Waals surface area contributed by atoms with E-state index in [1.54, 1.807) is 19.2 Å². The number of fused-ring (bicyclic) bond motifs is 3. The van der Waals surface area contributed by atoms with Gasteiger partial charge in [0.25, 0.3) is 0 Å². The number of benzene rings is 2. The molecule has 1 aliphatic heterocycles. The molecule has 1 aliphatic rings. The number of hydrogen-bond acceptors (Lipinski definition) is 5. The van der Waals surface area contributed by atoms with E-state index in [0.29, 0.717) is 17.1 Å². The Hall–Kier alpha value is -2.95. The summed E-state index contributed by atoms with van der Waals surface area (Å²) >= 11 is 0. The van der Waals surface area contributed by atoms with Crippen molar-refractivity contribution in [3.63, 3.8) is 0 Å². The zero-order valence-corrected chi connectivity index (χ0v) is 14.1. The highest BCUT2D eigenvalue weighted by molar-refractivity contribution is 5.96. The first kappa shape index (κ1) is 15.6. The molecule has 128 valence electrons. The third kappa shape index (κ3) is 2.61. The molecule has 0 saturated heterocycles. The van der Waals surface area contributed by atoms with Crippen molar-refractivity contribution in [1.29, 1.82) is 0 Å². The molecule has 0 N–H and O–H groups in total. The molecule has 3 aromatic rings. The number of esters is 1. The fraction of sp³-hybridized carbons (Fsp3) is 0.250. The van der Waals surface area contributed by atoms with Crippen molar-refractivity contribution in [2.45, 2.75) is 18.9 Å². The van der Waals surface area contributed by atoms with E-state index >= 15 is 0 Å². The molecule has 2 aromatic carbocycles. The SMILES string of the molecule is COC(=O)c1cc2c3c(c(OC)cc2o1)CCC(c1ccccc1)O3. The van der Waals surface area contributed by atoms with Crippen LogP contribution in [-0.4, -0.2) is 20.2 Å². The van der Waals surface area contributed by atoms with Crippen LogP contribution in [0.3, 0.4) is 0 Å². The Morgan fingerprint density at radius 3 is 2.68 bits per heavy atom. The Labute approximate surface area is 145 Å². The molecule has 1 unspecified atom stereocenters. The second-order valence-corrected chi connectivity index (χ2v) is 5.96. The number of carbonyl (C=O) groups is 1. The Morgan fingerprint density at radius 1 is 1.16 bits per heavy atom. The summed E-state index contributed by atoms with van der Waals surface area (Å²) in [4.78, 5) is 11.8. The second kappa shape index (κ2) is 6.16. The zero-order valence-electron chi connectivity index (χ0n) is 14.1. The molecule has 5 nitrogen and oxygen atoms in total. The molecule has 0 fully saturated rings. The number of rotatable bonds is 3. The quantitative estimate of drug-likeness (QED) is 0.667. The topological polar surface area (TPSA) is 57.9 Å². The van der Waals surface area contributed by atoms with Gasteiger partial charge in [-0.25, -0.2) is 4.79 Å². The first-order valence-corrected chi connectivity index (χ1v) is 8.14. The molecule has 0 spiro atoms. The fourth-order valence-corrected chi connectivity index (χ4v) is 3.30. The maximum atomic E-state index is 11.8. The van der Waals surface area contributed by atoms with Gasteiger partial charge in [0.1, 0.15) is 23.2 Å². The molecule has 1 aromatic heterocycles. The van der Waals surface area contributed by atoms with Crippen LogP contribution in [-0.2, 0) is 11.2 Å². The maximum absolute atomic E-state index is 11.8. The number of carbonyl (C=O) groups excluding carboxylic acids is 1. The summed E-state index contributed by atoms with van der Waals surface area (Å²) in [5.74, 6) is 1.06. The highest BCUT2D eigenvalue weighted by Gasteiger charge is 2.28. The summed E-state index contributed by atoms with van der Waals surface area (Å²) in [5, 5.41) is 0.761. The average molecular weight is 338 g/mol. The van der Waals surface area contributed by atoms with Crippen molar-refractivity contribution in [3.8, 4) is 11.5 Å². The van der Waals surface area contributed by atoms with Gasteiger partial charge in [0, 0.05) is 17.7 Å². The first-order valence-electron chi connectivity index (χ1n) is 8.14. The second-order valence-electron chi connectivity index (χ2n) is 5.96. The molecule has 4 rings (SSSR count). The van der Waals surface area contributed by atoms with Gasteiger partial charge in [-0.2, -0.15) is 0 Å². The summed E-state index contributed by atoms with van der Waals surface area (Å²) in [7, 11) is 2.95. The van der Waals surface area contributed by atoms with Crippen LogP contribution in [0.5, 0.6) is 11.5 Å². The van der Waals surface area contributed by atoms with Crippen LogP contribution in [0.4, 0.5) is 0 Å². The number of methoxy groups -OCH3 is 2. The lowest BCUT2D eigenvalue weighted by molar-refractivity contribution is 0.0567. The largest absolute Gasteiger partial charge is 0.496 e. The molecule has 0 saturated carbocycles.